The van der Waals surface area contributed by atoms with Crippen LogP contribution in [-0.2, 0) is 0 Å². The first-order valence-electron chi connectivity index (χ1n) is 6.49. The zero-order chi connectivity index (χ0) is 15.2. The highest BCUT2D eigenvalue weighted by molar-refractivity contribution is 5.45. The maximum Gasteiger partial charge on any atom is 0.387 e. The summed E-state index contributed by atoms with van der Waals surface area (Å²) in [5.41, 5.74) is 7.70. The Morgan fingerprint density at radius 1 is 1.19 bits per heavy atom. The molecule has 1 heterocycles. The largest absolute Gasteiger partial charge is 0.490 e. The summed E-state index contributed by atoms with van der Waals surface area (Å²) in [6.45, 7) is -0.799. The first-order valence-corrected chi connectivity index (χ1v) is 6.49. The van der Waals surface area contributed by atoms with Gasteiger partial charge in [-0.15, -0.1) is 0 Å². The normalized spacial score (nSPS) is 12.2. The highest BCUT2D eigenvalue weighted by Gasteiger charge is 2.15. The lowest BCUT2D eigenvalue weighted by molar-refractivity contribution is -0.0514. The lowest BCUT2D eigenvalue weighted by atomic mass is 10.0. The fraction of sp³-hybridized carbons (Fsp3) is 0.267. The number of hydrogen-bond donors (Lipinski definition) is 1. The standard InChI is InChI=1S/C15H16F2N2O2/c1-2-20-13-8-10(5-6-12(13)21-15(16)17)14(18)11-4-3-7-19-9-11/h3-9,14-15H,2,18H2,1H3. The van der Waals surface area contributed by atoms with E-state index in [0.717, 1.165) is 11.1 Å². The maximum absolute atomic E-state index is 12.4. The van der Waals surface area contributed by atoms with Crippen molar-refractivity contribution in [2.24, 2.45) is 5.73 Å². The van der Waals surface area contributed by atoms with Crippen LogP contribution in [0.4, 0.5) is 8.78 Å². The molecule has 0 fully saturated rings. The second-order valence-corrected chi connectivity index (χ2v) is 4.28. The lowest BCUT2D eigenvalue weighted by Gasteiger charge is -2.16. The Bertz CT molecular complexity index is 579. The minimum atomic E-state index is -2.90. The van der Waals surface area contributed by atoms with Crippen molar-refractivity contribution < 1.29 is 18.3 Å². The Balaban J connectivity index is 2.30. The monoisotopic (exact) mass is 294 g/mol. The van der Waals surface area contributed by atoms with Crippen molar-refractivity contribution in [3.8, 4) is 11.5 Å². The first-order chi connectivity index (χ1) is 10.1. The molecule has 112 valence electrons. The first kappa shape index (κ1) is 15.2. The quantitative estimate of drug-likeness (QED) is 0.889. The Kier molecular flexibility index (Phi) is 5.05. The zero-order valence-corrected chi connectivity index (χ0v) is 11.5. The van der Waals surface area contributed by atoms with Crippen molar-refractivity contribution in [2.45, 2.75) is 19.6 Å². The van der Waals surface area contributed by atoms with Gasteiger partial charge in [0.15, 0.2) is 11.5 Å². The van der Waals surface area contributed by atoms with E-state index in [4.69, 9.17) is 10.5 Å². The van der Waals surface area contributed by atoms with Crippen LogP contribution in [0.5, 0.6) is 11.5 Å². The molecule has 0 amide bonds. The van der Waals surface area contributed by atoms with Gasteiger partial charge in [-0.3, -0.25) is 4.98 Å². The summed E-state index contributed by atoms with van der Waals surface area (Å²) < 4.78 is 34.5. The molecule has 2 N–H and O–H groups in total. The highest BCUT2D eigenvalue weighted by atomic mass is 19.3. The predicted molar refractivity (Wildman–Crippen MR) is 74.5 cm³/mol. The number of pyridine rings is 1. The van der Waals surface area contributed by atoms with Crippen molar-refractivity contribution in [3.05, 3.63) is 53.9 Å². The van der Waals surface area contributed by atoms with Gasteiger partial charge < -0.3 is 15.2 Å². The molecule has 1 atom stereocenters. The highest BCUT2D eigenvalue weighted by Crippen LogP contribution is 2.32. The molecule has 0 bridgehead atoms. The van der Waals surface area contributed by atoms with E-state index in [-0.39, 0.29) is 11.5 Å². The van der Waals surface area contributed by atoms with Crippen molar-refractivity contribution in [2.75, 3.05) is 6.61 Å². The Morgan fingerprint density at radius 2 is 2.00 bits per heavy atom. The van der Waals surface area contributed by atoms with E-state index in [1.807, 2.05) is 6.07 Å². The summed E-state index contributed by atoms with van der Waals surface area (Å²) in [6, 6.07) is 7.90. The van der Waals surface area contributed by atoms with Crippen LogP contribution >= 0.6 is 0 Å². The molecule has 1 aromatic heterocycles. The van der Waals surface area contributed by atoms with Gasteiger partial charge in [-0.05, 0) is 36.2 Å². The molecule has 0 aliphatic carbocycles. The number of nitrogens with two attached hydrogens (primary N) is 1. The molecule has 0 aliphatic heterocycles. The molecule has 0 saturated heterocycles. The molecule has 1 unspecified atom stereocenters. The van der Waals surface area contributed by atoms with Gasteiger partial charge in [0.05, 0.1) is 12.6 Å². The molecule has 21 heavy (non-hydrogen) atoms. The van der Waals surface area contributed by atoms with Crippen LogP contribution in [0.2, 0.25) is 0 Å². The summed E-state index contributed by atoms with van der Waals surface area (Å²) in [7, 11) is 0. The molecule has 2 rings (SSSR count). The molecule has 0 spiro atoms. The number of halogens is 2. The smallest absolute Gasteiger partial charge is 0.387 e. The average molecular weight is 294 g/mol. The second-order valence-electron chi connectivity index (χ2n) is 4.28. The molecule has 2 aromatic rings. The maximum atomic E-state index is 12.4. The summed E-state index contributed by atoms with van der Waals surface area (Å²) in [6.07, 6.45) is 3.32. The third-order valence-corrected chi connectivity index (χ3v) is 2.89. The van der Waals surface area contributed by atoms with Crippen molar-refractivity contribution in [3.63, 3.8) is 0 Å². The molecule has 4 nitrogen and oxygen atoms in total. The van der Waals surface area contributed by atoms with E-state index in [1.165, 1.54) is 6.07 Å². The fourth-order valence-corrected chi connectivity index (χ4v) is 1.93. The van der Waals surface area contributed by atoms with Crippen molar-refractivity contribution in [1.82, 2.24) is 4.98 Å². The number of aromatic nitrogens is 1. The zero-order valence-electron chi connectivity index (χ0n) is 11.5. The number of hydrogen-bond acceptors (Lipinski definition) is 4. The lowest BCUT2D eigenvalue weighted by Crippen LogP contribution is -2.13. The molecule has 6 heteroatoms. The van der Waals surface area contributed by atoms with Crippen LogP contribution in [0.3, 0.4) is 0 Å². The predicted octanol–water partition coefficient (Wildman–Crippen LogP) is 3.13. The number of benzene rings is 1. The van der Waals surface area contributed by atoms with Crippen LogP contribution < -0.4 is 15.2 Å². The van der Waals surface area contributed by atoms with Gasteiger partial charge in [0.25, 0.3) is 0 Å². The number of rotatable bonds is 6. The SMILES string of the molecule is CCOc1cc(C(N)c2cccnc2)ccc1OC(F)F. The van der Waals surface area contributed by atoms with Gasteiger partial charge in [-0.2, -0.15) is 8.78 Å². The minimum Gasteiger partial charge on any atom is -0.490 e. The van der Waals surface area contributed by atoms with Gasteiger partial charge in [0, 0.05) is 12.4 Å². The average Bonchev–Trinajstić information content (AvgIpc) is 2.49. The summed E-state index contributed by atoms with van der Waals surface area (Å²) in [5.74, 6) is 0.239. The van der Waals surface area contributed by atoms with Gasteiger partial charge in [0.1, 0.15) is 0 Å². The molecule has 0 aliphatic rings. The van der Waals surface area contributed by atoms with Crippen LogP contribution in [0.15, 0.2) is 42.7 Å². The second kappa shape index (κ2) is 6.99. The molecular formula is C15H16F2N2O2. The van der Waals surface area contributed by atoms with Crippen molar-refractivity contribution in [1.29, 1.82) is 0 Å². The number of ether oxygens (including phenoxy) is 2. The Morgan fingerprint density at radius 3 is 2.62 bits per heavy atom. The Labute approximate surface area is 121 Å². The van der Waals surface area contributed by atoms with Crippen LogP contribution in [0.1, 0.15) is 24.1 Å². The number of nitrogens with zero attached hydrogens (tertiary/aromatic N) is 1. The minimum absolute atomic E-state index is 0.00557. The van der Waals surface area contributed by atoms with E-state index in [2.05, 4.69) is 9.72 Å². The summed E-state index contributed by atoms with van der Waals surface area (Å²) in [4.78, 5) is 4.01. The Hall–Kier alpha value is -2.21. The number of alkyl halides is 2. The van der Waals surface area contributed by atoms with E-state index in [9.17, 15) is 8.78 Å². The van der Waals surface area contributed by atoms with Gasteiger partial charge in [0.2, 0.25) is 0 Å². The topological polar surface area (TPSA) is 57.4 Å². The van der Waals surface area contributed by atoms with Crippen LogP contribution in [0, 0.1) is 0 Å². The van der Waals surface area contributed by atoms with Gasteiger partial charge in [-0.1, -0.05) is 12.1 Å². The van der Waals surface area contributed by atoms with Gasteiger partial charge in [-0.25, -0.2) is 0 Å². The molecule has 0 saturated carbocycles. The summed E-state index contributed by atoms with van der Waals surface area (Å²) >= 11 is 0. The molecule has 0 radical (unpaired) electrons. The van der Waals surface area contributed by atoms with Crippen molar-refractivity contribution >= 4 is 0 Å². The van der Waals surface area contributed by atoms with E-state index < -0.39 is 12.7 Å². The van der Waals surface area contributed by atoms with E-state index >= 15 is 0 Å². The third kappa shape index (κ3) is 3.88. The molecule has 1 aromatic carbocycles. The fourth-order valence-electron chi connectivity index (χ4n) is 1.93. The van der Waals surface area contributed by atoms with Crippen LogP contribution in [0.25, 0.3) is 0 Å². The van der Waals surface area contributed by atoms with E-state index in [0.29, 0.717) is 6.61 Å². The molecular weight excluding hydrogens is 278 g/mol. The summed E-state index contributed by atoms with van der Waals surface area (Å²) in [5, 5.41) is 0. The van der Waals surface area contributed by atoms with E-state index in [1.54, 1.807) is 37.5 Å². The van der Waals surface area contributed by atoms with Gasteiger partial charge >= 0.3 is 6.61 Å². The van der Waals surface area contributed by atoms with Crippen LogP contribution in [-0.4, -0.2) is 18.2 Å². The third-order valence-electron chi connectivity index (χ3n) is 2.89.